The highest BCUT2D eigenvalue weighted by Gasteiger charge is 2.36. The molecule has 3 unspecified atom stereocenters. The molecular formula is C9H17N. The van der Waals surface area contributed by atoms with E-state index in [9.17, 15) is 0 Å². The van der Waals surface area contributed by atoms with Crippen LogP contribution >= 0.6 is 0 Å². The average molecular weight is 139 g/mol. The molecule has 0 spiro atoms. The summed E-state index contributed by atoms with van der Waals surface area (Å²) in [6.45, 7) is 0. The molecule has 58 valence electrons. The summed E-state index contributed by atoms with van der Waals surface area (Å²) in [5, 5.41) is 0. The Bertz CT molecular complexity index is 120. The molecule has 0 aromatic rings. The van der Waals surface area contributed by atoms with Crippen LogP contribution in [0.15, 0.2) is 0 Å². The first-order chi connectivity index (χ1) is 4.86. The summed E-state index contributed by atoms with van der Waals surface area (Å²) >= 11 is 0. The van der Waals surface area contributed by atoms with Gasteiger partial charge in [-0.2, -0.15) is 0 Å². The van der Waals surface area contributed by atoms with Crippen LogP contribution in [0, 0.1) is 11.8 Å². The van der Waals surface area contributed by atoms with E-state index in [4.69, 9.17) is 5.73 Å². The molecule has 0 aromatic carbocycles. The van der Waals surface area contributed by atoms with Gasteiger partial charge in [0.05, 0.1) is 0 Å². The second-order valence-corrected chi connectivity index (χ2v) is 4.02. The zero-order valence-corrected chi connectivity index (χ0v) is 6.55. The molecule has 2 saturated carbocycles. The Hall–Kier alpha value is -0.0400. The first kappa shape index (κ1) is 6.66. The molecule has 2 rings (SSSR count). The second-order valence-electron chi connectivity index (χ2n) is 4.02. The van der Waals surface area contributed by atoms with E-state index in [1.165, 1.54) is 38.5 Å². The van der Waals surface area contributed by atoms with Gasteiger partial charge < -0.3 is 5.73 Å². The minimum atomic E-state index is 0.529. The molecule has 2 aliphatic rings. The lowest BCUT2D eigenvalue weighted by atomic mass is 9.98. The Balaban J connectivity index is 1.83. The number of rotatable bonds is 0. The molecule has 0 aliphatic heterocycles. The van der Waals surface area contributed by atoms with Crippen molar-refractivity contribution in [3.05, 3.63) is 0 Å². The lowest BCUT2D eigenvalue weighted by Gasteiger charge is -2.13. The smallest absolute Gasteiger partial charge is 0.00389 e. The first-order valence-corrected chi connectivity index (χ1v) is 4.62. The van der Waals surface area contributed by atoms with Crippen molar-refractivity contribution in [2.45, 2.75) is 44.6 Å². The summed E-state index contributed by atoms with van der Waals surface area (Å²) in [5.41, 5.74) is 5.88. The lowest BCUT2D eigenvalue weighted by molar-refractivity contribution is 0.440. The fourth-order valence-corrected chi connectivity index (χ4v) is 2.23. The molecule has 0 saturated heterocycles. The van der Waals surface area contributed by atoms with Crippen LogP contribution in [0.2, 0.25) is 0 Å². The summed E-state index contributed by atoms with van der Waals surface area (Å²) < 4.78 is 0. The maximum Gasteiger partial charge on any atom is 0.00389 e. The van der Waals surface area contributed by atoms with Crippen molar-refractivity contribution in [1.29, 1.82) is 0 Å². The Kier molecular flexibility index (Phi) is 1.69. The Morgan fingerprint density at radius 1 is 0.900 bits per heavy atom. The molecule has 0 heterocycles. The SMILES string of the molecule is NC1CCCC2CC2CC1. The molecule has 2 N–H and O–H groups in total. The fourth-order valence-electron chi connectivity index (χ4n) is 2.23. The van der Waals surface area contributed by atoms with Crippen LogP contribution < -0.4 is 5.73 Å². The normalized spacial score (nSPS) is 47.1. The minimum absolute atomic E-state index is 0.529. The zero-order valence-electron chi connectivity index (χ0n) is 6.55. The van der Waals surface area contributed by atoms with Crippen molar-refractivity contribution >= 4 is 0 Å². The predicted octanol–water partition coefficient (Wildman–Crippen LogP) is 1.91. The van der Waals surface area contributed by atoms with Crippen LogP contribution in [-0.2, 0) is 0 Å². The summed E-state index contributed by atoms with van der Waals surface area (Å²) in [4.78, 5) is 0. The molecule has 2 fully saturated rings. The van der Waals surface area contributed by atoms with Crippen LogP contribution in [0.4, 0.5) is 0 Å². The number of nitrogens with two attached hydrogens (primary N) is 1. The van der Waals surface area contributed by atoms with Crippen LogP contribution in [0.3, 0.4) is 0 Å². The largest absolute Gasteiger partial charge is 0.328 e. The third-order valence-corrected chi connectivity index (χ3v) is 3.13. The van der Waals surface area contributed by atoms with Gasteiger partial charge in [-0.05, 0) is 37.5 Å². The third kappa shape index (κ3) is 1.34. The van der Waals surface area contributed by atoms with Crippen LogP contribution in [0.25, 0.3) is 0 Å². The topological polar surface area (TPSA) is 26.0 Å². The van der Waals surface area contributed by atoms with Crippen LogP contribution in [0.5, 0.6) is 0 Å². The summed E-state index contributed by atoms with van der Waals surface area (Å²) in [5.74, 6) is 2.21. The molecule has 1 heteroatoms. The monoisotopic (exact) mass is 139 g/mol. The van der Waals surface area contributed by atoms with Gasteiger partial charge in [0.25, 0.3) is 0 Å². The average Bonchev–Trinajstić information content (AvgIpc) is 2.59. The van der Waals surface area contributed by atoms with E-state index in [0.29, 0.717) is 6.04 Å². The molecule has 3 atom stereocenters. The zero-order chi connectivity index (χ0) is 6.97. The van der Waals surface area contributed by atoms with Crippen molar-refractivity contribution in [3.8, 4) is 0 Å². The summed E-state index contributed by atoms with van der Waals surface area (Å²) in [6.07, 6.45) is 8.38. The van der Waals surface area contributed by atoms with Crippen molar-refractivity contribution in [2.24, 2.45) is 17.6 Å². The van der Waals surface area contributed by atoms with Crippen molar-refractivity contribution in [3.63, 3.8) is 0 Å². The van der Waals surface area contributed by atoms with E-state index in [1.807, 2.05) is 0 Å². The van der Waals surface area contributed by atoms with E-state index in [0.717, 1.165) is 11.8 Å². The van der Waals surface area contributed by atoms with E-state index in [1.54, 1.807) is 0 Å². The summed E-state index contributed by atoms with van der Waals surface area (Å²) in [6, 6.07) is 0.529. The van der Waals surface area contributed by atoms with Gasteiger partial charge in [0, 0.05) is 6.04 Å². The predicted molar refractivity (Wildman–Crippen MR) is 42.7 cm³/mol. The van der Waals surface area contributed by atoms with Gasteiger partial charge in [-0.25, -0.2) is 0 Å². The molecule has 0 radical (unpaired) electrons. The van der Waals surface area contributed by atoms with Gasteiger partial charge in [0.15, 0.2) is 0 Å². The van der Waals surface area contributed by atoms with Gasteiger partial charge in [-0.1, -0.05) is 12.8 Å². The van der Waals surface area contributed by atoms with Crippen molar-refractivity contribution in [1.82, 2.24) is 0 Å². The van der Waals surface area contributed by atoms with Gasteiger partial charge in [-0.15, -0.1) is 0 Å². The maximum absolute atomic E-state index is 5.88. The Labute approximate surface area is 63.0 Å². The highest BCUT2D eigenvalue weighted by molar-refractivity contribution is 4.88. The molecule has 1 nitrogen and oxygen atoms in total. The highest BCUT2D eigenvalue weighted by Crippen LogP contribution is 2.46. The van der Waals surface area contributed by atoms with Gasteiger partial charge in [0.1, 0.15) is 0 Å². The lowest BCUT2D eigenvalue weighted by Crippen LogP contribution is -2.20. The fraction of sp³-hybridized carbons (Fsp3) is 1.00. The number of hydrogen-bond donors (Lipinski definition) is 1. The first-order valence-electron chi connectivity index (χ1n) is 4.62. The van der Waals surface area contributed by atoms with E-state index in [2.05, 4.69) is 0 Å². The Morgan fingerprint density at radius 3 is 2.60 bits per heavy atom. The summed E-state index contributed by atoms with van der Waals surface area (Å²) in [7, 11) is 0. The van der Waals surface area contributed by atoms with Crippen molar-refractivity contribution in [2.75, 3.05) is 0 Å². The molecular weight excluding hydrogens is 122 g/mol. The van der Waals surface area contributed by atoms with E-state index in [-0.39, 0.29) is 0 Å². The van der Waals surface area contributed by atoms with E-state index >= 15 is 0 Å². The Morgan fingerprint density at radius 2 is 1.70 bits per heavy atom. The van der Waals surface area contributed by atoms with Crippen molar-refractivity contribution < 1.29 is 0 Å². The number of fused-ring (bicyclic) bond motifs is 1. The molecule has 0 bridgehead atoms. The second kappa shape index (κ2) is 2.54. The molecule has 10 heavy (non-hydrogen) atoms. The van der Waals surface area contributed by atoms with Gasteiger partial charge >= 0.3 is 0 Å². The standard InChI is InChI=1S/C9H17N/c10-9-3-1-2-7-6-8(7)4-5-9/h7-9H,1-6,10H2. The van der Waals surface area contributed by atoms with Crippen LogP contribution in [0.1, 0.15) is 38.5 Å². The highest BCUT2D eigenvalue weighted by atomic mass is 14.6. The third-order valence-electron chi connectivity index (χ3n) is 3.13. The quantitative estimate of drug-likeness (QED) is 0.545. The molecule has 0 aromatic heterocycles. The van der Waals surface area contributed by atoms with Gasteiger partial charge in [-0.3, -0.25) is 0 Å². The number of hydrogen-bond acceptors (Lipinski definition) is 1. The minimum Gasteiger partial charge on any atom is -0.328 e. The maximum atomic E-state index is 5.88. The molecule has 0 amide bonds. The molecule has 2 aliphatic carbocycles. The van der Waals surface area contributed by atoms with Crippen LogP contribution in [-0.4, -0.2) is 6.04 Å². The van der Waals surface area contributed by atoms with Gasteiger partial charge in [0.2, 0.25) is 0 Å². The van der Waals surface area contributed by atoms with E-state index < -0.39 is 0 Å².